The van der Waals surface area contributed by atoms with E-state index >= 15 is 0 Å². The molecule has 2 unspecified atom stereocenters. The van der Waals surface area contributed by atoms with Crippen molar-refractivity contribution in [2.75, 3.05) is 47.5 Å². The summed E-state index contributed by atoms with van der Waals surface area (Å²) in [6, 6.07) is 0. The molecule has 0 saturated carbocycles. The van der Waals surface area contributed by atoms with E-state index in [1.54, 1.807) is 0 Å². The molecule has 0 aromatic carbocycles. The van der Waals surface area contributed by atoms with E-state index in [1.807, 2.05) is 21.1 Å². The summed E-state index contributed by atoms with van der Waals surface area (Å²) in [7, 11) is 5.97. The number of unbranched alkanes of at least 4 members (excludes halogenated alkanes) is 41. The molecule has 0 fully saturated rings. The molecule has 9 heteroatoms. The summed E-state index contributed by atoms with van der Waals surface area (Å²) in [6.45, 7) is 4.87. The molecule has 0 amide bonds. The van der Waals surface area contributed by atoms with Crippen LogP contribution in [-0.2, 0) is 33.3 Å². The quantitative estimate of drug-likeness (QED) is 0.0211. The van der Waals surface area contributed by atoms with Crippen molar-refractivity contribution in [1.29, 1.82) is 0 Å². The predicted molar refractivity (Wildman–Crippen MR) is 314 cm³/mol. The van der Waals surface area contributed by atoms with Gasteiger partial charge in [-0.25, -0.2) is 4.79 Å². The number of rotatable bonds is 60. The highest BCUT2D eigenvalue weighted by atomic mass is 16.7. The highest BCUT2D eigenvalue weighted by molar-refractivity contribution is 5.71. The van der Waals surface area contributed by atoms with Crippen LogP contribution in [-0.4, -0.2) is 87.4 Å². The van der Waals surface area contributed by atoms with Crippen LogP contribution in [0.25, 0.3) is 0 Å². The molecule has 0 aromatic rings. The molecule has 0 rings (SSSR count). The van der Waals surface area contributed by atoms with E-state index in [9.17, 15) is 19.5 Å². The molecule has 0 aliphatic rings. The summed E-state index contributed by atoms with van der Waals surface area (Å²) in [6.07, 6.45) is 66.2. The standard InChI is InChI=1S/C65H123NO8/c1-6-8-10-12-14-16-17-18-19-20-21-22-23-24-25-26-27-28-29-30-31-32-33-34-35-36-37-38-39-40-41-42-43-44-45-46-47-48-50-52-54-56-63(68)74-61(60-73-65(64(69)70)71-58-57-66(3,4)5)59-72-62(67)55-53-51-49-15-13-11-9-7-2/h17-18,20-21,61,65H,6-16,19,22-60H2,1-5H3/p+1/b18-17-,21-20-. The van der Waals surface area contributed by atoms with E-state index in [0.29, 0.717) is 17.4 Å². The van der Waals surface area contributed by atoms with Gasteiger partial charge in [0, 0.05) is 12.8 Å². The molecule has 0 aliphatic carbocycles. The van der Waals surface area contributed by atoms with Crippen LogP contribution in [0.5, 0.6) is 0 Å². The third kappa shape index (κ3) is 57.5. The fourth-order valence-corrected chi connectivity index (χ4v) is 9.52. The number of aliphatic carboxylic acids is 1. The number of likely N-dealkylation sites (N-methyl/N-ethyl adjacent to an activating group) is 1. The zero-order valence-corrected chi connectivity index (χ0v) is 49.8. The van der Waals surface area contributed by atoms with Gasteiger partial charge in [-0.15, -0.1) is 0 Å². The topological polar surface area (TPSA) is 108 Å². The van der Waals surface area contributed by atoms with E-state index < -0.39 is 18.4 Å². The summed E-state index contributed by atoms with van der Waals surface area (Å²) in [5.41, 5.74) is 0. The van der Waals surface area contributed by atoms with Crippen molar-refractivity contribution >= 4 is 17.9 Å². The highest BCUT2D eigenvalue weighted by Gasteiger charge is 2.25. The zero-order valence-electron chi connectivity index (χ0n) is 49.8. The number of ether oxygens (including phenoxy) is 4. The van der Waals surface area contributed by atoms with Gasteiger partial charge in [0.2, 0.25) is 0 Å². The fraction of sp³-hybridized carbons (Fsp3) is 0.892. The molecular formula is C65H124NO8+. The van der Waals surface area contributed by atoms with Crippen molar-refractivity contribution in [1.82, 2.24) is 0 Å². The van der Waals surface area contributed by atoms with Gasteiger partial charge in [-0.05, 0) is 44.9 Å². The summed E-state index contributed by atoms with van der Waals surface area (Å²) in [5.74, 6) is -1.99. The molecule has 74 heavy (non-hydrogen) atoms. The lowest BCUT2D eigenvalue weighted by atomic mass is 10.0. The van der Waals surface area contributed by atoms with Gasteiger partial charge in [0.15, 0.2) is 6.10 Å². The normalized spacial score (nSPS) is 12.8. The van der Waals surface area contributed by atoms with Crippen molar-refractivity contribution in [3.05, 3.63) is 24.3 Å². The zero-order chi connectivity index (χ0) is 54.1. The average Bonchev–Trinajstić information content (AvgIpc) is 3.37. The number of esters is 2. The Hall–Kier alpha value is -2.23. The van der Waals surface area contributed by atoms with Crippen molar-refractivity contribution in [2.24, 2.45) is 0 Å². The number of carboxylic acid groups (broad SMARTS) is 1. The summed E-state index contributed by atoms with van der Waals surface area (Å²) in [5, 5.41) is 9.66. The smallest absolute Gasteiger partial charge is 0.361 e. The first-order chi connectivity index (χ1) is 36.1. The Balaban J connectivity index is 3.78. The number of allylic oxidation sites excluding steroid dienone is 4. The molecule has 0 aliphatic heterocycles. The summed E-state index contributed by atoms with van der Waals surface area (Å²) >= 11 is 0. The average molecular weight is 1050 g/mol. The minimum Gasteiger partial charge on any atom is -0.477 e. The van der Waals surface area contributed by atoms with Gasteiger partial charge >= 0.3 is 17.9 Å². The lowest BCUT2D eigenvalue weighted by Gasteiger charge is -2.25. The van der Waals surface area contributed by atoms with Crippen molar-refractivity contribution in [3.8, 4) is 0 Å². The minimum absolute atomic E-state index is 0.175. The van der Waals surface area contributed by atoms with Crippen LogP contribution >= 0.6 is 0 Å². The molecule has 436 valence electrons. The van der Waals surface area contributed by atoms with Crippen LogP contribution in [0.15, 0.2) is 24.3 Å². The van der Waals surface area contributed by atoms with Gasteiger partial charge in [0.1, 0.15) is 13.2 Å². The Morgan fingerprint density at radius 3 is 1.07 bits per heavy atom. The molecular weight excluding hydrogens is 923 g/mol. The number of carbonyl (C=O) groups is 3. The number of carboxylic acids is 1. The second kappa shape index (κ2) is 57.0. The van der Waals surface area contributed by atoms with Gasteiger partial charge < -0.3 is 28.5 Å². The Morgan fingerprint density at radius 1 is 0.405 bits per heavy atom. The number of nitrogens with zero attached hydrogens (tertiary/aromatic N) is 1. The number of carbonyl (C=O) groups excluding carboxylic acids is 2. The van der Waals surface area contributed by atoms with E-state index in [-0.39, 0.29) is 38.2 Å². The van der Waals surface area contributed by atoms with Crippen molar-refractivity contribution in [3.63, 3.8) is 0 Å². The molecule has 9 nitrogen and oxygen atoms in total. The first-order valence-electron chi connectivity index (χ1n) is 32.0. The minimum atomic E-state index is -1.50. The van der Waals surface area contributed by atoms with Crippen LogP contribution in [0, 0.1) is 0 Å². The van der Waals surface area contributed by atoms with Crippen LogP contribution in [0.2, 0.25) is 0 Å². The van der Waals surface area contributed by atoms with Crippen LogP contribution in [0.3, 0.4) is 0 Å². The fourth-order valence-electron chi connectivity index (χ4n) is 9.52. The molecule has 1 N–H and O–H groups in total. The maximum Gasteiger partial charge on any atom is 0.361 e. The molecule has 0 aromatic heterocycles. The predicted octanol–water partition coefficient (Wildman–Crippen LogP) is 19.1. The molecule has 0 radical (unpaired) electrons. The lowest BCUT2D eigenvalue weighted by Crippen LogP contribution is -2.40. The van der Waals surface area contributed by atoms with Gasteiger partial charge in [-0.1, -0.05) is 282 Å². The highest BCUT2D eigenvalue weighted by Crippen LogP contribution is 2.18. The van der Waals surface area contributed by atoms with Gasteiger partial charge in [-0.2, -0.15) is 0 Å². The molecule has 0 saturated heterocycles. The molecule has 0 spiro atoms. The Bertz CT molecular complexity index is 1260. The van der Waals surface area contributed by atoms with Crippen LogP contribution in [0.4, 0.5) is 0 Å². The Morgan fingerprint density at radius 2 is 0.730 bits per heavy atom. The monoisotopic (exact) mass is 1050 g/mol. The van der Waals surface area contributed by atoms with E-state index in [1.165, 1.54) is 244 Å². The van der Waals surface area contributed by atoms with Crippen LogP contribution in [0.1, 0.15) is 316 Å². The molecule has 0 bridgehead atoms. The number of quaternary nitrogens is 1. The van der Waals surface area contributed by atoms with Crippen molar-refractivity contribution in [2.45, 2.75) is 328 Å². The third-order valence-electron chi connectivity index (χ3n) is 14.5. The maximum absolute atomic E-state index is 12.8. The number of hydrogen-bond acceptors (Lipinski definition) is 7. The van der Waals surface area contributed by atoms with Gasteiger partial charge in [0.05, 0.1) is 34.4 Å². The first-order valence-corrected chi connectivity index (χ1v) is 32.0. The van der Waals surface area contributed by atoms with Gasteiger partial charge in [0.25, 0.3) is 6.29 Å². The van der Waals surface area contributed by atoms with E-state index in [4.69, 9.17) is 18.9 Å². The molecule has 0 heterocycles. The maximum atomic E-state index is 12.8. The Kier molecular flexibility index (Phi) is 55.2. The summed E-state index contributed by atoms with van der Waals surface area (Å²) < 4.78 is 22.8. The van der Waals surface area contributed by atoms with Crippen LogP contribution < -0.4 is 0 Å². The first kappa shape index (κ1) is 71.8. The van der Waals surface area contributed by atoms with Gasteiger partial charge in [-0.3, -0.25) is 9.59 Å². The molecule has 2 atom stereocenters. The van der Waals surface area contributed by atoms with E-state index in [2.05, 4.69) is 38.2 Å². The Labute approximate surface area is 458 Å². The second-order valence-corrected chi connectivity index (χ2v) is 23.1. The second-order valence-electron chi connectivity index (χ2n) is 23.1. The number of hydrogen-bond donors (Lipinski definition) is 1. The van der Waals surface area contributed by atoms with E-state index in [0.717, 1.165) is 44.9 Å². The lowest BCUT2D eigenvalue weighted by molar-refractivity contribution is -0.870. The third-order valence-corrected chi connectivity index (χ3v) is 14.5. The SMILES string of the molecule is CCCCCCC/C=C\C/C=C\CCCCCCCCCCCCCCCCCCCCCCCCCCCCCCCC(=O)OC(COC(=O)CCCCCCCCCC)COC(OCC[N+](C)(C)C)C(=O)O. The largest absolute Gasteiger partial charge is 0.477 e. The van der Waals surface area contributed by atoms with Crippen molar-refractivity contribution < 1.29 is 42.9 Å². The summed E-state index contributed by atoms with van der Waals surface area (Å²) in [4.78, 5) is 37.2.